The molecule has 1 aromatic carbocycles. The van der Waals surface area contributed by atoms with Crippen LogP contribution in [0.5, 0.6) is 0 Å². The highest BCUT2D eigenvalue weighted by Crippen LogP contribution is 2.08. The molecule has 0 aliphatic heterocycles. The van der Waals surface area contributed by atoms with Crippen molar-refractivity contribution in [1.29, 1.82) is 0 Å². The Morgan fingerprint density at radius 3 is 2.65 bits per heavy atom. The third kappa shape index (κ3) is 8.14. The molecule has 0 aliphatic rings. The molecule has 1 unspecified atom stereocenters. The van der Waals surface area contributed by atoms with Gasteiger partial charge in [-0.15, -0.1) is 24.0 Å². The Balaban J connectivity index is 0.00000341. The number of guanidine groups is 1. The number of imidazole rings is 1. The summed E-state index contributed by atoms with van der Waals surface area (Å²) >= 11 is 0. The Bertz CT molecular complexity index is 891. The maximum atomic E-state index is 4.76. The normalized spacial score (nSPS) is 12.6. The van der Waals surface area contributed by atoms with Crippen molar-refractivity contribution in [1.82, 2.24) is 24.9 Å². The number of hydrogen-bond acceptors (Lipinski definition) is 3. The average molecular weight is 534 g/mol. The van der Waals surface area contributed by atoms with E-state index in [-0.39, 0.29) is 24.0 Å². The third-order valence-electron chi connectivity index (χ3n) is 5.28. The Kier molecular flexibility index (Phi) is 10.8. The van der Waals surface area contributed by atoms with Gasteiger partial charge in [-0.05, 0) is 45.0 Å². The van der Waals surface area contributed by atoms with E-state index in [1.165, 1.54) is 5.56 Å². The number of hydrogen-bond donors (Lipinski definition) is 2. The van der Waals surface area contributed by atoms with Gasteiger partial charge in [0.2, 0.25) is 0 Å². The summed E-state index contributed by atoms with van der Waals surface area (Å²) in [5.74, 6) is 0.874. The number of nitrogens with zero attached hydrogens (tertiary/aromatic N) is 4. The SMILES string of the molecule is CCNC(=NCCC(C)N(C)Cc1ccccc1)NCCc1cn2ccccc2n1.I. The molecule has 0 amide bonds. The molecule has 6 nitrogen and oxygen atoms in total. The minimum Gasteiger partial charge on any atom is -0.357 e. The van der Waals surface area contributed by atoms with Crippen LogP contribution in [0.15, 0.2) is 65.9 Å². The van der Waals surface area contributed by atoms with Crippen molar-refractivity contribution in [3.05, 3.63) is 72.2 Å². The zero-order chi connectivity index (χ0) is 21.2. The molecule has 1 atom stereocenters. The summed E-state index contributed by atoms with van der Waals surface area (Å²) in [6.45, 7) is 7.77. The average Bonchev–Trinajstić information content (AvgIpc) is 3.17. The van der Waals surface area contributed by atoms with Gasteiger partial charge in [0.15, 0.2) is 5.96 Å². The van der Waals surface area contributed by atoms with E-state index in [9.17, 15) is 0 Å². The number of benzene rings is 1. The minimum atomic E-state index is 0. The third-order valence-corrected chi connectivity index (χ3v) is 5.28. The maximum Gasteiger partial charge on any atom is 0.191 e. The predicted octanol–water partition coefficient (Wildman–Crippen LogP) is 3.96. The molecule has 7 heteroatoms. The summed E-state index contributed by atoms with van der Waals surface area (Å²) in [6, 6.07) is 17.1. The first kappa shape index (κ1) is 25.1. The van der Waals surface area contributed by atoms with Gasteiger partial charge in [0.1, 0.15) is 5.65 Å². The first-order valence-corrected chi connectivity index (χ1v) is 10.8. The van der Waals surface area contributed by atoms with Crippen molar-refractivity contribution in [2.75, 3.05) is 26.7 Å². The Labute approximate surface area is 203 Å². The number of halogens is 1. The highest BCUT2D eigenvalue weighted by atomic mass is 127. The molecule has 31 heavy (non-hydrogen) atoms. The fourth-order valence-corrected chi connectivity index (χ4v) is 3.37. The molecule has 0 fully saturated rings. The van der Waals surface area contributed by atoms with Gasteiger partial charge in [0.25, 0.3) is 0 Å². The summed E-state index contributed by atoms with van der Waals surface area (Å²) < 4.78 is 2.06. The van der Waals surface area contributed by atoms with Gasteiger partial charge in [0, 0.05) is 51.0 Å². The number of aromatic nitrogens is 2. The first-order valence-electron chi connectivity index (χ1n) is 10.8. The lowest BCUT2D eigenvalue weighted by Gasteiger charge is -2.24. The largest absolute Gasteiger partial charge is 0.357 e. The molecular weight excluding hydrogens is 499 g/mol. The Morgan fingerprint density at radius 1 is 1.13 bits per heavy atom. The van der Waals surface area contributed by atoms with E-state index in [1.54, 1.807) is 0 Å². The summed E-state index contributed by atoms with van der Waals surface area (Å²) in [4.78, 5) is 11.8. The fourth-order valence-electron chi connectivity index (χ4n) is 3.37. The van der Waals surface area contributed by atoms with Crippen molar-refractivity contribution in [2.45, 2.75) is 39.3 Å². The molecule has 0 saturated heterocycles. The zero-order valence-corrected chi connectivity index (χ0v) is 21.1. The summed E-state index contributed by atoms with van der Waals surface area (Å²) in [7, 11) is 2.18. The molecule has 2 N–H and O–H groups in total. The number of pyridine rings is 1. The van der Waals surface area contributed by atoms with Gasteiger partial charge in [0.05, 0.1) is 5.69 Å². The minimum absolute atomic E-state index is 0. The molecule has 0 radical (unpaired) electrons. The first-order chi connectivity index (χ1) is 14.7. The lowest BCUT2D eigenvalue weighted by molar-refractivity contribution is 0.240. The van der Waals surface area contributed by atoms with Crippen LogP contribution in [0.25, 0.3) is 5.65 Å². The van der Waals surface area contributed by atoms with E-state index in [2.05, 4.69) is 82.3 Å². The molecule has 168 valence electrons. The molecule has 2 aromatic heterocycles. The summed E-state index contributed by atoms with van der Waals surface area (Å²) in [5.41, 5.74) is 3.42. The van der Waals surface area contributed by atoms with Crippen LogP contribution in [0.2, 0.25) is 0 Å². The second kappa shape index (κ2) is 13.3. The van der Waals surface area contributed by atoms with Gasteiger partial charge >= 0.3 is 0 Å². The van der Waals surface area contributed by atoms with Gasteiger partial charge < -0.3 is 15.0 Å². The van der Waals surface area contributed by atoms with Gasteiger partial charge in [-0.3, -0.25) is 9.89 Å². The van der Waals surface area contributed by atoms with Crippen molar-refractivity contribution < 1.29 is 0 Å². The monoisotopic (exact) mass is 534 g/mol. The number of rotatable bonds is 10. The number of fused-ring (bicyclic) bond motifs is 1. The fraction of sp³-hybridized carbons (Fsp3) is 0.417. The van der Waals surface area contributed by atoms with Crippen LogP contribution in [-0.2, 0) is 13.0 Å². The zero-order valence-electron chi connectivity index (χ0n) is 18.8. The van der Waals surface area contributed by atoms with Gasteiger partial charge in [-0.2, -0.15) is 0 Å². The topological polar surface area (TPSA) is 57.0 Å². The van der Waals surface area contributed by atoms with E-state index in [1.807, 2.05) is 24.4 Å². The van der Waals surface area contributed by atoms with Crippen molar-refractivity contribution >= 4 is 35.6 Å². The second-order valence-electron chi connectivity index (χ2n) is 7.67. The molecule has 0 bridgehead atoms. The molecular formula is C24H35IN6. The van der Waals surface area contributed by atoms with Crippen LogP contribution >= 0.6 is 24.0 Å². The van der Waals surface area contributed by atoms with Crippen molar-refractivity contribution in [3.8, 4) is 0 Å². The maximum absolute atomic E-state index is 4.76. The van der Waals surface area contributed by atoms with Crippen LogP contribution in [0, 0.1) is 0 Å². The molecule has 3 rings (SSSR count). The predicted molar refractivity (Wildman–Crippen MR) is 140 cm³/mol. The van der Waals surface area contributed by atoms with Gasteiger partial charge in [-0.1, -0.05) is 36.4 Å². The van der Waals surface area contributed by atoms with Crippen molar-refractivity contribution in [3.63, 3.8) is 0 Å². The van der Waals surface area contributed by atoms with E-state index < -0.39 is 0 Å². The van der Waals surface area contributed by atoms with Gasteiger partial charge in [-0.25, -0.2) is 4.98 Å². The summed E-state index contributed by atoms with van der Waals surface area (Å²) in [6.07, 6.45) is 6.00. The highest BCUT2D eigenvalue weighted by molar-refractivity contribution is 14.0. The molecule has 3 aromatic rings. The molecule has 0 saturated carbocycles. The lowest BCUT2D eigenvalue weighted by Crippen LogP contribution is -2.38. The van der Waals surface area contributed by atoms with Crippen molar-refractivity contribution in [2.24, 2.45) is 4.99 Å². The van der Waals surface area contributed by atoms with Crippen LogP contribution in [0.3, 0.4) is 0 Å². The quantitative estimate of drug-likeness (QED) is 0.235. The Hall–Kier alpha value is -2.13. The molecule has 0 aliphatic carbocycles. The lowest BCUT2D eigenvalue weighted by atomic mass is 10.1. The van der Waals surface area contributed by atoms with E-state index >= 15 is 0 Å². The highest BCUT2D eigenvalue weighted by Gasteiger charge is 2.09. The van der Waals surface area contributed by atoms with Crippen LogP contribution in [0.1, 0.15) is 31.5 Å². The van der Waals surface area contributed by atoms with Crippen LogP contribution in [-0.4, -0.2) is 53.0 Å². The molecule has 0 spiro atoms. The van der Waals surface area contributed by atoms with E-state index in [0.29, 0.717) is 6.04 Å². The van der Waals surface area contributed by atoms with Crippen LogP contribution in [0.4, 0.5) is 0 Å². The summed E-state index contributed by atoms with van der Waals surface area (Å²) in [5, 5.41) is 6.77. The number of nitrogens with one attached hydrogen (secondary N) is 2. The van der Waals surface area contributed by atoms with E-state index in [4.69, 9.17) is 4.99 Å². The smallest absolute Gasteiger partial charge is 0.191 e. The van der Waals surface area contributed by atoms with E-state index in [0.717, 1.165) is 56.3 Å². The van der Waals surface area contributed by atoms with Crippen LogP contribution < -0.4 is 10.6 Å². The standard InChI is InChI=1S/C24H34N6.HI/c1-4-25-24(27-16-14-22-19-30-17-9-8-12-23(30)28-22)26-15-13-20(2)29(3)18-21-10-6-5-7-11-21;/h5-12,17,19-20H,4,13-16,18H2,1-3H3,(H2,25,26,27);1H. The Morgan fingerprint density at radius 2 is 1.90 bits per heavy atom. The molecule has 2 heterocycles. The number of aliphatic imine (C=N–C) groups is 1. The second-order valence-corrected chi connectivity index (χ2v) is 7.67.